The number of hydrogen-bond donors (Lipinski definition) is 6. The molecule has 3 atom stereocenters. The lowest BCUT2D eigenvalue weighted by Gasteiger charge is -2.49. The monoisotopic (exact) mass is 468 g/mol. The first-order valence-corrected chi connectivity index (χ1v) is 11.0. The highest BCUT2D eigenvalue weighted by atomic mass is 16.3. The zero-order valence-corrected chi connectivity index (χ0v) is 18.1. The molecule has 2 aromatic rings. The number of piperidine rings is 1. The van der Waals surface area contributed by atoms with E-state index < -0.39 is 58.2 Å². The molecule has 0 aromatic heterocycles. The van der Waals surface area contributed by atoms with Crippen LogP contribution in [0.15, 0.2) is 35.6 Å². The van der Waals surface area contributed by atoms with Gasteiger partial charge in [-0.1, -0.05) is 18.2 Å². The number of phenolic OH excluding ortho intramolecular Hbond substituents is 2. The highest BCUT2D eigenvalue weighted by molar-refractivity contribution is 6.25. The minimum absolute atomic E-state index is 0.00342. The number of carbonyl (C=O) groups is 3. The number of nitrogens with two attached hydrogens (primary N) is 1. The first-order chi connectivity index (χ1) is 16.1. The highest BCUT2D eigenvalue weighted by Crippen LogP contribution is 2.49. The van der Waals surface area contributed by atoms with Gasteiger partial charge in [0.05, 0.1) is 23.1 Å². The van der Waals surface area contributed by atoms with Gasteiger partial charge in [-0.05, 0) is 36.3 Å². The van der Waals surface area contributed by atoms with Crippen molar-refractivity contribution in [2.45, 2.75) is 37.0 Å². The van der Waals surface area contributed by atoms with E-state index in [1.54, 1.807) is 23.1 Å². The molecule has 3 aliphatic rings. The predicted molar refractivity (Wildman–Crippen MR) is 118 cm³/mol. The topological polar surface area (TPSA) is 182 Å². The van der Waals surface area contributed by atoms with Crippen LogP contribution in [0.3, 0.4) is 0 Å². The number of benzene rings is 2. The molecule has 178 valence electrons. The quantitative estimate of drug-likeness (QED) is 0.332. The van der Waals surface area contributed by atoms with Gasteiger partial charge in [-0.3, -0.25) is 19.3 Å². The first kappa shape index (κ1) is 22.3. The van der Waals surface area contributed by atoms with Crippen molar-refractivity contribution in [2.24, 2.45) is 11.7 Å². The van der Waals surface area contributed by atoms with Crippen molar-refractivity contribution in [3.63, 3.8) is 0 Å². The van der Waals surface area contributed by atoms with Gasteiger partial charge in [-0.2, -0.15) is 0 Å². The molecule has 2 aromatic carbocycles. The molecule has 10 nitrogen and oxygen atoms in total. The second kappa shape index (κ2) is 7.52. The van der Waals surface area contributed by atoms with E-state index in [1.807, 2.05) is 0 Å². The third-order valence-electron chi connectivity index (χ3n) is 7.38. The molecule has 7 N–H and O–H groups in total. The molecule has 0 bridgehead atoms. The fourth-order valence-corrected chi connectivity index (χ4v) is 5.71. The van der Waals surface area contributed by atoms with Crippen LogP contribution in [0.1, 0.15) is 28.8 Å². The zero-order valence-electron chi connectivity index (χ0n) is 18.1. The normalized spacial score (nSPS) is 28.2. The van der Waals surface area contributed by atoms with Gasteiger partial charge in [-0.25, -0.2) is 0 Å². The molecular weight excluding hydrogens is 444 g/mol. The fourth-order valence-electron chi connectivity index (χ4n) is 5.71. The van der Waals surface area contributed by atoms with Gasteiger partial charge < -0.3 is 31.3 Å². The number of phenols is 2. The van der Waals surface area contributed by atoms with E-state index >= 15 is 0 Å². The molecule has 0 spiro atoms. The zero-order chi connectivity index (χ0) is 24.5. The van der Waals surface area contributed by atoms with Crippen molar-refractivity contribution in [3.8, 4) is 11.5 Å². The number of amides is 1. The predicted octanol–water partition coefficient (Wildman–Crippen LogP) is 0.0425. The Labute approximate surface area is 193 Å². The Bertz CT molecular complexity index is 1290. The number of rotatable bonds is 2. The molecule has 0 radical (unpaired) electrons. The van der Waals surface area contributed by atoms with Gasteiger partial charge in [0.15, 0.2) is 11.4 Å². The lowest BCUT2D eigenvalue weighted by Crippen LogP contribution is -2.66. The van der Waals surface area contributed by atoms with Gasteiger partial charge in [0.2, 0.25) is 5.78 Å². The molecule has 3 unspecified atom stereocenters. The minimum Gasteiger partial charge on any atom is -0.508 e. The van der Waals surface area contributed by atoms with E-state index in [0.29, 0.717) is 23.8 Å². The van der Waals surface area contributed by atoms with Crippen molar-refractivity contribution in [3.05, 3.63) is 46.7 Å². The van der Waals surface area contributed by atoms with Gasteiger partial charge in [0.25, 0.3) is 5.91 Å². The Balaban J connectivity index is 1.75. The Morgan fingerprint density at radius 2 is 1.79 bits per heavy atom. The summed E-state index contributed by atoms with van der Waals surface area (Å²) in [7, 11) is 0. The smallest absolute Gasteiger partial charge is 0.255 e. The number of Topliss-reactive ketones (excluding diaryl/α,β-unsaturated/α-hetero) is 2. The number of carbonyl (C=O) groups excluding carboxylic acids is 3. The molecule has 1 fully saturated rings. The number of nitrogens with zero attached hydrogens (tertiary/aromatic N) is 1. The Morgan fingerprint density at radius 1 is 1.12 bits per heavy atom. The summed E-state index contributed by atoms with van der Waals surface area (Å²) in [6, 6.07) is 4.98. The van der Waals surface area contributed by atoms with Crippen LogP contribution in [-0.4, -0.2) is 78.7 Å². The summed E-state index contributed by atoms with van der Waals surface area (Å²) >= 11 is 0. The molecule has 1 saturated heterocycles. The Kier molecular flexibility index (Phi) is 4.94. The van der Waals surface area contributed by atoms with Crippen molar-refractivity contribution in [1.82, 2.24) is 4.90 Å². The Morgan fingerprint density at radius 3 is 2.44 bits per heavy atom. The summed E-state index contributed by atoms with van der Waals surface area (Å²) in [5.74, 6) is -6.31. The summed E-state index contributed by atoms with van der Waals surface area (Å²) < 4.78 is 0. The largest absolute Gasteiger partial charge is 0.508 e. The number of aliphatic hydroxyl groups excluding tert-OH is 2. The Hall–Kier alpha value is -3.47. The van der Waals surface area contributed by atoms with Gasteiger partial charge in [0.1, 0.15) is 22.8 Å². The van der Waals surface area contributed by atoms with Gasteiger partial charge in [0, 0.05) is 19.0 Å². The van der Waals surface area contributed by atoms with Gasteiger partial charge >= 0.3 is 0 Å². The van der Waals surface area contributed by atoms with Crippen molar-refractivity contribution < 1.29 is 39.9 Å². The highest BCUT2D eigenvalue weighted by Gasteiger charge is 2.62. The summed E-state index contributed by atoms with van der Waals surface area (Å²) in [6.07, 6.45) is 0.0675. The summed E-state index contributed by atoms with van der Waals surface area (Å²) in [4.78, 5) is 40.9. The number of primary amides is 1. The summed E-state index contributed by atoms with van der Waals surface area (Å²) in [6.45, 7) is 0.545. The van der Waals surface area contributed by atoms with E-state index in [2.05, 4.69) is 0 Å². The molecule has 1 heterocycles. The lowest BCUT2D eigenvalue weighted by molar-refractivity contribution is -0.135. The number of hydrogen-bond acceptors (Lipinski definition) is 9. The maximum absolute atomic E-state index is 13.7. The number of aliphatic hydroxyl groups is 3. The summed E-state index contributed by atoms with van der Waals surface area (Å²) in [5.41, 5.74) is 1.85. The van der Waals surface area contributed by atoms with Crippen LogP contribution in [0.4, 0.5) is 0 Å². The van der Waals surface area contributed by atoms with Crippen LogP contribution >= 0.6 is 0 Å². The molecule has 5 rings (SSSR count). The van der Waals surface area contributed by atoms with Crippen LogP contribution in [0, 0.1) is 5.92 Å². The first-order valence-electron chi connectivity index (χ1n) is 11.0. The minimum atomic E-state index is -2.69. The van der Waals surface area contributed by atoms with Crippen molar-refractivity contribution >= 4 is 28.2 Å². The standard InChI is InChI=1S/C24H24N2O8/c25-23(33)17-20(30)18(26-6-4-12(27)5-7-26)13-9-11-8-10-2-1-3-14(28)15(10)19(29)16(11)21(31)24(13,34)22(17)32/h1-3,8,12-13,18,27-29,32,34H,4-7,9H2,(H2,25,33). The maximum Gasteiger partial charge on any atom is 0.255 e. The molecular formula is C24H24N2O8. The third-order valence-corrected chi connectivity index (χ3v) is 7.38. The van der Waals surface area contributed by atoms with E-state index in [1.165, 1.54) is 6.07 Å². The fraction of sp³-hybridized carbons (Fsp3) is 0.375. The number of aromatic hydroxyl groups is 2. The van der Waals surface area contributed by atoms with E-state index in [4.69, 9.17) is 5.73 Å². The second-order valence-electron chi connectivity index (χ2n) is 9.20. The van der Waals surface area contributed by atoms with E-state index in [-0.39, 0.29) is 36.2 Å². The average molecular weight is 468 g/mol. The average Bonchev–Trinajstić information content (AvgIpc) is 2.77. The second-order valence-corrected chi connectivity index (χ2v) is 9.20. The molecule has 10 heteroatoms. The van der Waals surface area contributed by atoms with Crippen LogP contribution in [0.25, 0.3) is 10.8 Å². The number of fused-ring (bicyclic) bond motifs is 3. The maximum atomic E-state index is 13.7. The molecule has 0 saturated carbocycles. The molecule has 34 heavy (non-hydrogen) atoms. The number of ketones is 2. The number of likely N-dealkylation sites (tertiary alicyclic amines) is 1. The SMILES string of the molecule is NC(=O)C1=C(O)C2(O)C(=O)c3c(cc4cccc(O)c4c3O)CC2C(N2CCC(O)CC2)C1=O. The van der Waals surface area contributed by atoms with E-state index in [0.717, 1.165) is 0 Å². The van der Waals surface area contributed by atoms with Crippen LogP contribution in [-0.2, 0) is 16.0 Å². The third kappa shape index (κ3) is 2.89. The summed E-state index contributed by atoms with van der Waals surface area (Å²) in [5, 5.41) is 54.1. The van der Waals surface area contributed by atoms with Crippen molar-refractivity contribution in [1.29, 1.82) is 0 Å². The van der Waals surface area contributed by atoms with Crippen molar-refractivity contribution in [2.75, 3.05) is 13.1 Å². The molecule has 2 aliphatic carbocycles. The van der Waals surface area contributed by atoms with Crippen LogP contribution in [0.2, 0.25) is 0 Å². The molecule has 1 amide bonds. The van der Waals surface area contributed by atoms with Gasteiger partial charge in [-0.15, -0.1) is 0 Å². The van der Waals surface area contributed by atoms with E-state index in [9.17, 15) is 39.9 Å². The van der Waals surface area contributed by atoms with Crippen LogP contribution < -0.4 is 5.73 Å². The lowest BCUT2D eigenvalue weighted by atomic mass is 9.61. The van der Waals surface area contributed by atoms with Crippen LogP contribution in [0.5, 0.6) is 11.5 Å². The molecule has 1 aliphatic heterocycles.